The first-order valence-electron chi connectivity index (χ1n) is 12.8. The van der Waals surface area contributed by atoms with Gasteiger partial charge in [0.05, 0.1) is 27.6 Å². The molecule has 43 heavy (non-hydrogen) atoms. The lowest BCUT2D eigenvalue weighted by atomic mass is 10.1. The van der Waals surface area contributed by atoms with Gasteiger partial charge in [-0.3, -0.25) is 14.9 Å². The number of carboxylic acids is 1. The summed E-state index contributed by atoms with van der Waals surface area (Å²) in [5, 5.41) is 27.0. The Morgan fingerprint density at radius 1 is 1.07 bits per heavy atom. The Labute approximate surface area is 247 Å². The molecule has 2 aromatic heterocycles. The van der Waals surface area contributed by atoms with E-state index in [2.05, 4.69) is 10.1 Å². The van der Waals surface area contributed by atoms with Gasteiger partial charge in [-0.15, -0.1) is 0 Å². The lowest BCUT2D eigenvalue weighted by Gasteiger charge is -2.09. The highest BCUT2D eigenvalue weighted by Crippen LogP contribution is 2.30. The number of aromatic nitrogens is 2. The van der Waals surface area contributed by atoms with Crippen molar-refractivity contribution in [3.8, 4) is 17.3 Å². The van der Waals surface area contributed by atoms with Crippen molar-refractivity contribution < 1.29 is 24.0 Å². The van der Waals surface area contributed by atoms with E-state index >= 15 is 0 Å². The first kappa shape index (κ1) is 27.4. The minimum absolute atomic E-state index is 0.0194. The molecular formula is C31H19ClN4O7. The number of furan rings is 1. The molecule has 12 heteroatoms. The van der Waals surface area contributed by atoms with Crippen molar-refractivity contribution in [3.05, 3.63) is 133 Å². The van der Waals surface area contributed by atoms with Gasteiger partial charge in [-0.2, -0.15) is 9.78 Å². The number of nitro benzene ring substituents is 1. The highest BCUT2D eigenvalue weighted by molar-refractivity contribution is 6.31. The molecule has 4 aromatic carbocycles. The van der Waals surface area contributed by atoms with Gasteiger partial charge in [-0.1, -0.05) is 35.9 Å². The average Bonchev–Trinajstić information content (AvgIpc) is 3.43. The molecule has 0 aliphatic heterocycles. The van der Waals surface area contributed by atoms with Gasteiger partial charge in [0.15, 0.2) is 11.5 Å². The van der Waals surface area contributed by atoms with Crippen LogP contribution in [0, 0.1) is 10.1 Å². The van der Waals surface area contributed by atoms with Crippen molar-refractivity contribution >= 4 is 51.3 Å². The third kappa shape index (κ3) is 5.56. The molecule has 212 valence electrons. The maximum absolute atomic E-state index is 13.5. The molecule has 0 aliphatic rings. The highest BCUT2D eigenvalue weighted by Gasteiger charge is 2.18. The molecule has 6 rings (SSSR count). The quantitative estimate of drug-likeness (QED) is 0.119. The van der Waals surface area contributed by atoms with Crippen LogP contribution in [-0.2, 0) is 6.61 Å². The van der Waals surface area contributed by atoms with Gasteiger partial charge in [-0.25, -0.2) is 9.78 Å². The van der Waals surface area contributed by atoms with Crippen LogP contribution in [0.3, 0.4) is 0 Å². The molecule has 0 aliphatic carbocycles. The smallest absolute Gasteiger partial charge is 0.335 e. The van der Waals surface area contributed by atoms with Gasteiger partial charge in [-0.05, 0) is 66.2 Å². The topological polar surface area (TPSA) is 150 Å². The number of carbonyl (C=O) groups is 1. The van der Waals surface area contributed by atoms with Gasteiger partial charge >= 0.3 is 11.7 Å². The maximum Gasteiger partial charge on any atom is 0.335 e. The zero-order valence-corrected chi connectivity index (χ0v) is 22.8. The number of nitrogens with zero attached hydrogens (tertiary/aromatic N) is 4. The second-order valence-corrected chi connectivity index (χ2v) is 9.82. The lowest BCUT2D eigenvalue weighted by Crippen LogP contribution is -2.20. The Hall–Kier alpha value is -5.81. The second kappa shape index (κ2) is 11.2. The fourth-order valence-corrected chi connectivity index (χ4v) is 4.65. The normalized spacial score (nSPS) is 11.4. The van der Waals surface area contributed by atoms with E-state index in [0.717, 1.165) is 4.68 Å². The summed E-state index contributed by atoms with van der Waals surface area (Å²) in [5.74, 6) is -0.705. The highest BCUT2D eigenvalue weighted by atomic mass is 35.5. The SMILES string of the molecule is O=C(O)c1cccc(COc2ccc(C=Nn3c(-c4cc5cc(Cl)ccc5o4)nc4ccccc4c3=O)cc2[N+](=O)[O-])c1. The van der Waals surface area contributed by atoms with Crippen LogP contribution in [0.1, 0.15) is 21.5 Å². The van der Waals surface area contributed by atoms with Crippen molar-refractivity contribution in [2.75, 3.05) is 0 Å². The zero-order valence-electron chi connectivity index (χ0n) is 22.0. The summed E-state index contributed by atoms with van der Waals surface area (Å²) in [7, 11) is 0. The number of hydrogen-bond donors (Lipinski definition) is 1. The lowest BCUT2D eigenvalue weighted by molar-refractivity contribution is -0.385. The minimum atomic E-state index is -1.09. The van der Waals surface area contributed by atoms with Crippen LogP contribution < -0.4 is 10.3 Å². The second-order valence-electron chi connectivity index (χ2n) is 9.39. The van der Waals surface area contributed by atoms with E-state index in [-0.39, 0.29) is 35.2 Å². The van der Waals surface area contributed by atoms with Crippen molar-refractivity contribution in [2.24, 2.45) is 5.10 Å². The monoisotopic (exact) mass is 594 g/mol. The third-order valence-corrected chi connectivity index (χ3v) is 6.76. The van der Waals surface area contributed by atoms with Crippen LogP contribution >= 0.6 is 11.6 Å². The van der Waals surface area contributed by atoms with Crippen molar-refractivity contribution in [2.45, 2.75) is 6.61 Å². The number of halogens is 1. The fourth-order valence-electron chi connectivity index (χ4n) is 4.47. The molecule has 1 N–H and O–H groups in total. The largest absolute Gasteiger partial charge is 0.482 e. The van der Waals surface area contributed by atoms with Crippen LogP contribution in [-0.4, -0.2) is 31.9 Å². The number of rotatable bonds is 8. The van der Waals surface area contributed by atoms with E-state index in [0.29, 0.717) is 38.0 Å². The van der Waals surface area contributed by atoms with Gasteiger partial charge in [0.25, 0.3) is 5.56 Å². The van der Waals surface area contributed by atoms with Crippen molar-refractivity contribution in [1.29, 1.82) is 0 Å². The molecular weight excluding hydrogens is 576 g/mol. The van der Waals surface area contributed by atoms with E-state index in [4.69, 9.17) is 20.8 Å². The predicted molar refractivity (Wildman–Crippen MR) is 160 cm³/mol. The third-order valence-electron chi connectivity index (χ3n) is 6.52. The number of aromatic carboxylic acids is 1. The summed E-state index contributed by atoms with van der Waals surface area (Å²) < 4.78 is 12.7. The molecule has 0 radical (unpaired) electrons. The Morgan fingerprint density at radius 3 is 2.72 bits per heavy atom. The number of ether oxygens (including phenoxy) is 1. The standard InChI is InChI=1S/C31H19ClN4O7/c32-22-9-11-26-21(14-22)15-28(43-26)29-34-24-7-2-1-6-23(24)30(37)35(29)33-16-18-8-10-27(25(13-18)36(40)41)42-17-19-4-3-5-20(12-19)31(38)39/h1-16H,17H2,(H,38,39). The molecule has 0 unspecified atom stereocenters. The van der Waals surface area contributed by atoms with E-state index in [1.165, 1.54) is 30.5 Å². The average molecular weight is 595 g/mol. The predicted octanol–water partition coefficient (Wildman–Crippen LogP) is 6.53. The molecule has 0 bridgehead atoms. The number of fused-ring (bicyclic) bond motifs is 2. The van der Waals surface area contributed by atoms with Crippen LogP contribution in [0.2, 0.25) is 5.02 Å². The van der Waals surface area contributed by atoms with Crippen molar-refractivity contribution in [1.82, 2.24) is 9.66 Å². The summed E-state index contributed by atoms with van der Waals surface area (Å²) in [6, 6.07) is 23.9. The summed E-state index contributed by atoms with van der Waals surface area (Å²) in [6.45, 7) is -0.0837. The molecule has 0 saturated heterocycles. The van der Waals surface area contributed by atoms with Crippen molar-refractivity contribution in [3.63, 3.8) is 0 Å². The summed E-state index contributed by atoms with van der Waals surface area (Å²) >= 11 is 6.13. The number of hydrogen-bond acceptors (Lipinski definition) is 8. The number of para-hydroxylation sites is 1. The number of nitro groups is 1. The fraction of sp³-hybridized carbons (Fsp3) is 0.0323. The summed E-state index contributed by atoms with van der Waals surface area (Å²) in [6.07, 6.45) is 1.30. The molecule has 0 fully saturated rings. The summed E-state index contributed by atoms with van der Waals surface area (Å²) in [5.41, 5.74) is 1.10. The number of carboxylic acid groups (broad SMARTS) is 1. The minimum Gasteiger partial charge on any atom is -0.482 e. The van der Waals surface area contributed by atoms with Crippen LogP contribution in [0.15, 0.2) is 105 Å². The first-order valence-corrected chi connectivity index (χ1v) is 13.1. The molecule has 0 spiro atoms. The molecule has 0 atom stereocenters. The van der Waals surface area contributed by atoms with Gasteiger partial charge in [0.1, 0.15) is 12.2 Å². The van der Waals surface area contributed by atoms with Gasteiger partial charge in [0, 0.05) is 22.0 Å². The van der Waals surface area contributed by atoms with E-state index in [9.17, 15) is 24.8 Å². The Balaban J connectivity index is 1.36. The molecule has 11 nitrogen and oxygen atoms in total. The summed E-state index contributed by atoms with van der Waals surface area (Å²) in [4.78, 5) is 40.6. The Bertz CT molecular complexity index is 2150. The Kier molecular flexibility index (Phi) is 7.14. The molecule has 0 saturated carbocycles. The van der Waals surface area contributed by atoms with E-state index in [1.54, 1.807) is 66.7 Å². The molecule has 2 heterocycles. The van der Waals surface area contributed by atoms with Crippen LogP contribution in [0.25, 0.3) is 33.5 Å². The van der Waals surface area contributed by atoms with E-state index in [1.807, 2.05) is 0 Å². The first-order chi connectivity index (χ1) is 20.8. The number of benzene rings is 4. The van der Waals surface area contributed by atoms with Crippen LogP contribution in [0.5, 0.6) is 5.75 Å². The maximum atomic E-state index is 13.5. The van der Waals surface area contributed by atoms with E-state index < -0.39 is 16.5 Å². The molecule has 0 amide bonds. The van der Waals surface area contributed by atoms with Crippen LogP contribution in [0.4, 0.5) is 5.69 Å². The zero-order chi connectivity index (χ0) is 30.1. The van der Waals surface area contributed by atoms with Gasteiger partial charge < -0.3 is 14.3 Å². The Morgan fingerprint density at radius 2 is 1.91 bits per heavy atom. The van der Waals surface area contributed by atoms with Gasteiger partial charge in [0.2, 0.25) is 5.82 Å². The molecule has 6 aromatic rings.